The van der Waals surface area contributed by atoms with Gasteiger partial charge in [0.25, 0.3) is 0 Å². The van der Waals surface area contributed by atoms with Crippen molar-refractivity contribution < 1.29 is 18.4 Å². The van der Waals surface area contributed by atoms with Crippen LogP contribution in [0.2, 0.25) is 0 Å². The molecule has 29 heavy (non-hydrogen) atoms. The van der Waals surface area contributed by atoms with E-state index in [1.807, 2.05) is 26.2 Å². The third-order valence-corrected chi connectivity index (χ3v) is 4.57. The predicted molar refractivity (Wildman–Crippen MR) is 111 cm³/mol. The van der Waals surface area contributed by atoms with Gasteiger partial charge >= 0.3 is 0 Å². The second-order valence-corrected chi connectivity index (χ2v) is 7.20. The zero-order valence-electron chi connectivity index (χ0n) is 17.2. The number of furan rings is 1. The number of ether oxygens (including phenoxy) is 1. The number of rotatable bonds is 8. The number of nitrogens with one attached hydrogen (secondary N) is 1. The normalized spacial score (nSPS) is 11.2. The molecule has 2 heterocycles. The van der Waals surface area contributed by atoms with Gasteiger partial charge in [-0.2, -0.15) is 0 Å². The van der Waals surface area contributed by atoms with Crippen molar-refractivity contribution in [2.45, 2.75) is 19.8 Å². The maximum Gasteiger partial charge on any atom is 0.228 e. The Morgan fingerprint density at radius 2 is 1.86 bits per heavy atom. The smallest absolute Gasteiger partial charge is 0.228 e. The van der Waals surface area contributed by atoms with Crippen LogP contribution >= 0.6 is 0 Å². The van der Waals surface area contributed by atoms with Crippen molar-refractivity contribution in [3.05, 3.63) is 51.9 Å². The Balaban J connectivity index is 1.94. The molecular weight excluding hydrogens is 372 g/mol. The second kappa shape index (κ2) is 8.96. The molecule has 0 saturated carbocycles. The number of hydrogen-bond acceptors (Lipinski definition) is 6. The fraction of sp³-hybridized carbons (Fsp3) is 0.364. The summed E-state index contributed by atoms with van der Waals surface area (Å²) in [6, 6.07) is 8.63. The summed E-state index contributed by atoms with van der Waals surface area (Å²) in [6.45, 7) is 3.17. The highest BCUT2D eigenvalue weighted by Crippen LogP contribution is 2.34. The van der Waals surface area contributed by atoms with Gasteiger partial charge in [0.05, 0.1) is 19.1 Å². The van der Waals surface area contributed by atoms with Gasteiger partial charge in [0, 0.05) is 18.2 Å². The van der Waals surface area contributed by atoms with Crippen molar-refractivity contribution in [1.82, 2.24) is 10.2 Å². The molecule has 7 heteroatoms. The Morgan fingerprint density at radius 3 is 2.52 bits per heavy atom. The van der Waals surface area contributed by atoms with Crippen LogP contribution in [-0.4, -0.2) is 45.1 Å². The molecule has 0 aliphatic rings. The molecule has 154 valence electrons. The number of fused-ring (bicyclic) bond motifs is 1. The van der Waals surface area contributed by atoms with Crippen LogP contribution in [0.15, 0.2) is 44.0 Å². The van der Waals surface area contributed by atoms with E-state index in [0.29, 0.717) is 35.0 Å². The molecule has 1 amide bonds. The monoisotopic (exact) mass is 398 g/mol. The molecule has 7 nitrogen and oxygen atoms in total. The maximum atomic E-state index is 12.5. The molecule has 0 aliphatic heterocycles. The topological polar surface area (TPSA) is 84.9 Å². The van der Waals surface area contributed by atoms with E-state index in [1.165, 1.54) is 6.07 Å². The minimum Gasteiger partial charge on any atom is -0.497 e. The fourth-order valence-corrected chi connectivity index (χ4v) is 3.14. The summed E-state index contributed by atoms with van der Waals surface area (Å²) in [5.74, 6) is 1.48. The van der Waals surface area contributed by atoms with Crippen molar-refractivity contribution in [2.75, 3.05) is 34.3 Å². The number of aryl methyl sites for hydroxylation is 1. The third kappa shape index (κ3) is 4.86. The first-order chi connectivity index (χ1) is 13.9. The lowest BCUT2D eigenvalue weighted by molar-refractivity contribution is -0.120. The van der Waals surface area contributed by atoms with E-state index in [0.717, 1.165) is 18.5 Å². The van der Waals surface area contributed by atoms with Crippen LogP contribution in [0.4, 0.5) is 0 Å². The van der Waals surface area contributed by atoms with Crippen LogP contribution in [0, 0.1) is 6.92 Å². The average Bonchev–Trinajstić information content (AvgIpc) is 3.04. The standard InChI is InChI=1S/C22H26N2O5/c1-14-12-18(25)22-21(28-14)17(13-19(26)23-10-5-11-24(2)3)20(29-22)15-6-8-16(27-4)9-7-15/h6-9,12H,5,10-11,13H2,1-4H3,(H,23,26). The Morgan fingerprint density at radius 1 is 1.14 bits per heavy atom. The lowest BCUT2D eigenvalue weighted by Gasteiger charge is -2.10. The third-order valence-electron chi connectivity index (χ3n) is 4.57. The van der Waals surface area contributed by atoms with Crippen molar-refractivity contribution >= 4 is 17.1 Å². The van der Waals surface area contributed by atoms with E-state index in [1.54, 1.807) is 26.2 Å². The highest BCUT2D eigenvalue weighted by atomic mass is 16.5. The molecule has 0 fully saturated rings. The zero-order chi connectivity index (χ0) is 21.0. The van der Waals surface area contributed by atoms with Crippen LogP contribution in [0.5, 0.6) is 5.75 Å². The Kier molecular flexibility index (Phi) is 6.39. The molecule has 0 atom stereocenters. The first-order valence-corrected chi connectivity index (χ1v) is 9.51. The van der Waals surface area contributed by atoms with E-state index in [2.05, 4.69) is 10.2 Å². The molecule has 0 saturated heterocycles. The summed E-state index contributed by atoms with van der Waals surface area (Å²) in [5.41, 5.74) is 1.48. The number of benzene rings is 1. The molecule has 1 N–H and O–H groups in total. The van der Waals surface area contributed by atoms with Crippen LogP contribution < -0.4 is 15.5 Å². The van der Waals surface area contributed by atoms with Crippen molar-refractivity contribution in [3.8, 4) is 17.1 Å². The predicted octanol–water partition coefficient (Wildman–Crippen LogP) is 2.98. The fourth-order valence-electron chi connectivity index (χ4n) is 3.14. The SMILES string of the molecule is COc1ccc(-c2oc3c(=O)cc(C)oc3c2CC(=O)NCCCN(C)C)cc1. The van der Waals surface area contributed by atoms with Crippen molar-refractivity contribution in [1.29, 1.82) is 0 Å². The minimum atomic E-state index is -0.267. The number of hydrogen-bond donors (Lipinski definition) is 1. The molecule has 0 unspecified atom stereocenters. The largest absolute Gasteiger partial charge is 0.497 e. The first kappa shape index (κ1) is 20.7. The van der Waals surface area contributed by atoms with Crippen LogP contribution in [0.1, 0.15) is 17.7 Å². The van der Waals surface area contributed by atoms with E-state index in [-0.39, 0.29) is 23.3 Å². The summed E-state index contributed by atoms with van der Waals surface area (Å²) < 4.78 is 16.8. The number of nitrogens with zero attached hydrogens (tertiary/aromatic N) is 1. The summed E-state index contributed by atoms with van der Waals surface area (Å²) in [7, 11) is 5.57. The summed E-state index contributed by atoms with van der Waals surface area (Å²) in [6.07, 6.45) is 0.910. The highest BCUT2D eigenvalue weighted by Gasteiger charge is 2.22. The van der Waals surface area contributed by atoms with E-state index in [9.17, 15) is 9.59 Å². The molecule has 0 bridgehead atoms. The molecular formula is C22H26N2O5. The van der Waals surface area contributed by atoms with Gasteiger partial charge in [-0.15, -0.1) is 0 Å². The second-order valence-electron chi connectivity index (χ2n) is 7.20. The lowest BCUT2D eigenvalue weighted by Crippen LogP contribution is -2.28. The number of methoxy groups -OCH3 is 1. The van der Waals surface area contributed by atoms with Gasteiger partial charge in [-0.25, -0.2) is 0 Å². The Hall–Kier alpha value is -3.06. The average molecular weight is 398 g/mol. The van der Waals surface area contributed by atoms with Crippen molar-refractivity contribution in [2.24, 2.45) is 0 Å². The van der Waals surface area contributed by atoms with Crippen LogP contribution in [0.25, 0.3) is 22.5 Å². The molecule has 3 rings (SSSR count). The number of carbonyl (C=O) groups excluding carboxylic acids is 1. The van der Waals surface area contributed by atoms with E-state index in [4.69, 9.17) is 13.6 Å². The molecule has 3 aromatic rings. The molecule has 0 radical (unpaired) electrons. The lowest BCUT2D eigenvalue weighted by atomic mass is 10.1. The summed E-state index contributed by atoms with van der Waals surface area (Å²) >= 11 is 0. The van der Waals surface area contributed by atoms with Crippen LogP contribution in [-0.2, 0) is 11.2 Å². The number of carbonyl (C=O) groups is 1. The van der Waals surface area contributed by atoms with Gasteiger partial charge in [-0.1, -0.05) is 0 Å². The van der Waals surface area contributed by atoms with Gasteiger partial charge in [0.1, 0.15) is 17.3 Å². The Bertz CT molecular complexity index is 1050. The van der Waals surface area contributed by atoms with Crippen LogP contribution in [0.3, 0.4) is 0 Å². The molecule has 1 aromatic carbocycles. The van der Waals surface area contributed by atoms with Gasteiger partial charge < -0.3 is 23.8 Å². The van der Waals surface area contributed by atoms with Gasteiger partial charge in [0.15, 0.2) is 5.58 Å². The quantitative estimate of drug-likeness (QED) is 0.587. The number of amides is 1. The maximum absolute atomic E-state index is 12.5. The van der Waals surface area contributed by atoms with Gasteiger partial charge in [-0.3, -0.25) is 9.59 Å². The molecule has 0 aliphatic carbocycles. The highest BCUT2D eigenvalue weighted by molar-refractivity contribution is 5.90. The first-order valence-electron chi connectivity index (χ1n) is 9.51. The van der Waals surface area contributed by atoms with E-state index < -0.39 is 0 Å². The molecule has 2 aromatic heterocycles. The van der Waals surface area contributed by atoms with Gasteiger partial charge in [0.2, 0.25) is 16.9 Å². The van der Waals surface area contributed by atoms with Crippen molar-refractivity contribution in [3.63, 3.8) is 0 Å². The zero-order valence-corrected chi connectivity index (χ0v) is 17.2. The van der Waals surface area contributed by atoms with Gasteiger partial charge in [-0.05, 0) is 58.3 Å². The summed E-state index contributed by atoms with van der Waals surface area (Å²) in [4.78, 5) is 27.0. The molecule has 0 spiro atoms. The Labute approximate surface area is 169 Å². The van der Waals surface area contributed by atoms with E-state index >= 15 is 0 Å². The summed E-state index contributed by atoms with van der Waals surface area (Å²) in [5, 5.41) is 2.92. The minimum absolute atomic E-state index is 0.0583.